The van der Waals surface area contributed by atoms with Crippen molar-refractivity contribution in [2.24, 2.45) is 5.73 Å². The fraction of sp³-hybridized carbons (Fsp3) is 0.316. The lowest BCUT2D eigenvalue weighted by atomic mass is 9.92. The third-order valence-electron chi connectivity index (χ3n) is 4.33. The molecule has 7 heteroatoms. The molecule has 1 amide bonds. The van der Waals surface area contributed by atoms with Crippen molar-refractivity contribution in [3.05, 3.63) is 59.4 Å². The average Bonchev–Trinajstić information content (AvgIpc) is 2.59. The fourth-order valence-electron chi connectivity index (χ4n) is 2.70. The van der Waals surface area contributed by atoms with Crippen LogP contribution in [-0.2, 0) is 14.8 Å². The minimum atomic E-state index is -3.75. The van der Waals surface area contributed by atoms with Crippen LogP contribution in [0.25, 0.3) is 11.1 Å². The first-order valence-corrected chi connectivity index (χ1v) is 9.78. The Kier molecular flexibility index (Phi) is 5.83. The number of primary amides is 1. The van der Waals surface area contributed by atoms with Crippen LogP contribution < -0.4 is 10.5 Å². The molecule has 0 saturated heterocycles. The van der Waals surface area contributed by atoms with E-state index in [1.54, 1.807) is 24.3 Å². The van der Waals surface area contributed by atoms with Crippen LogP contribution in [0.2, 0.25) is 0 Å². The van der Waals surface area contributed by atoms with Gasteiger partial charge in [-0.1, -0.05) is 37.3 Å². The molecule has 0 radical (unpaired) electrons. The molecule has 5 nitrogen and oxygen atoms in total. The number of carbonyl (C=O) groups excluding carboxylic acids is 1. The van der Waals surface area contributed by atoms with Gasteiger partial charge in [0.15, 0.2) is 0 Å². The molecule has 0 fully saturated rings. The van der Waals surface area contributed by atoms with Crippen LogP contribution in [0.15, 0.2) is 42.5 Å². The number of hydrogen-bond acceptors (Lipinski definition) is 3. The first-order valence-electron chi connectivity index (χ1n) is 8.30. The number of halogens is 1. The molecular formula is C19H23FN2O3S. The molecule has 0 saturated carbocycles. The molecule has 140 valence electrons. The van der Waals surface area contributed by atoms with E-state index in [0.29, 0.717) is 24.1 Å². The zero-order valence-electron chi connectivity index (χ0n) is 15.0. The van der Waals surface area contributed by atoms with E-state index in [1.807, 2.05) is 6.92 Å². The Morgan fingerprint density at radius 3 is 2.42 bits per heavy atom. The number of rotatable bonds is 7. The molecule has 0 atom stereocenters. The van der Waals surface area contributed by atoms with Crippen molar-refractivity contribution in [1.82, 2.24) is 4.72 Å². The van der Waals surface area contributed by atoms with Gasteiger partial charge in [-0.2, -0.15) is 0 Å². The van der Waals surface area contributed by atoms with Crippen LogP contribution in [0, 0.1) is 5.82 Å². The van der Waals surface area contributed by atoms with E-state index in [9.17, 15) is 17.6 Å². The Morgan fingerprint density at radius 2 is 1.85 bits per heavy atom. The van der Waals surface area contributed by atoms with E-state index in [0.717, 1.165) is 0 Å². The summed E-state index contributed by atoms with van der Waals surface area (Å²) in [5.74, 6) is -1.20. The van der Waals surface area contributed by atoms with Gasteiger partial charge in [0.1, 0.15) is 10.6 Å². The SMILES string of the molecule is CCCNS(=O)(=O)C(C)(C)c1ccc(-c2ccccc2F)cc1C(N)=O. The molecule has 26 heavy (non-hydrogen) atoms. The number of carbonyl (C=O) groups is 1. The summed E-state index contributed by atoms with van der Waals surface area (Å²) in [5.41, 5.74) is 6.58. The molecule has 0 aliphatic rings. The first-order chi connectivity index (χ1) is 12.1. The van der Waals surface area contributed by atoms with Crippen molar-refractivity contribution in [2.75, 3.05) is 6.54 Å². The summed E-state index contributed by atoms with van der Waals surface area (Å²) in [6.45, 7) is 5.17. The normalized spacial score (nSPS) is 12.2. The van der Waals surface area contributed by atoms with Crippen molar-refractivity contribution in [3.8, 4) is 11.1 Å². The molecule has 0 unspecified atom stereocenters. The Bertz CT molecular complexity index is 924. The van der Waals surface area contributed by atoms with Crippen LogP contribution in [0.5, 0.6) is 0 Å². The Morgan fingerprint density at radius 1 is 1.19 bits per heavy atom. The highest BCUT2D eigenvalue weighted by molar-refractivity contribution is 7.90. The van der Waals surface area contributed by atoms with Crippen LogP contribution in [0.3, 0.4) is 0 Å². The second-order valence-corrected chi connectivity index (χ2v) is 8.83. The predicted octanol–water partition coefficient (Wildman–Crippen LogP) is 3.16. The van der Waals surface area contributed by atoms with Gasteiger partial charge in [0.2, 0.25) is 15.9 Å². The van der Waals surface area contributed by atoms with Gasteiger partial charge in [0.05, 0.1) is 0 Å². The summed E-state index contributed by atoms with van der Waals surface area (Å²) in [6, 6.07) is 10.7. The van der Waals surface area contributed by atoms with Gasteiger partial charge in [-0.3, -0.25) is 4.79 Å². The second kappa shape index (κ2) is 7.55. The highest BCUT2D eigenvalue weighted by atomic mass is 32.2. The maximum atomic E-state index is 14.0. The Balaban J connectivity index is 2.60. The van der Waals surface area contributed by atoms with E-state index < -0.39 is 26.5 Å². The minimum absolute atomic E-state index is 0.0534. The highest BCUT2D eigenvalue weighted by Gasteiger charge is 2.38. The summed E-state index contributed by atoms with van der Waals surface area (Å²) in [4.78, 5) is 12.0. The van der Waals surface area contributed by atoms with Gasteiger partial charge in [-0.25, -0.2) is 17.5 Å². The number of amides is 1. The van der Waals surface area contributed by atoms with Crippen LogP contribution in [0.4, 0.5) is 4.39 Å². The summed E-state index contributed by atoms with van der Waals surface area (Å²) in [5, 5.41) is 0. The first kappa shape index (κ1) is 20.1. The molecule has 2 rings (SSSR count). The molecule has 2 aromatic rings. The lowest BCUT2D eigenvalue weighted by molar-refractivity contribution is 0.0999. The van der Waals surface area contributed by atoms with Gasteiger partial charge in [-0.15, -0.1) is 0 Å². The standard InChI is InChI=1S/C19H23FN2O3S/c1-4-11-22-26(24,25)19(2,3)16-10-9-13(12-15(16)18(21)23)14-7-5-6-8-17(14)20/h5-10,12,22H,4,11H2,1-3H3,(H2,21,23). The second-order valence-electron chi connectivity index (χ2n) is 6.51. The highest BCUT2D eigenvalue weighted by Crippen LogP contribution is 2.34. The average molecular weight is 378 g/mol. The maximum Gasteiger partial charge on any atom is 0.249 e. The minimum Gasteiger partial charge on any atom is -0.366 e. The van der Waals surface area contributed by atoms with Crippen LogP contribution >= 0.6 is 0 Å². The fourth-order valence-corrected chi connectivity index (χ4v) is 4.00. The zero-order valence-corrected chi connectivity index (χ0v) is 15.9. The molecule has 0 aromatic heterocycles. The third-order valence-corrected chi connectivity index (χ3v) is 6.48. The lowest BCUT2D eigenvalue weighted by Gasteiger charge is -2.27. The molecular weight excluding hydrogens is 355 g/mol. The molecule has 0 aliphatic heterocycles. The summed E-state index contributed by atoms with van der Waals surface area (Å²) < 4.78 is 40.5. The van der Waals surface area contributed by atoms with E-state index >= 15 is 0 Å². The smallest absolute Gasteiger partial charge is 0.249 e. The molecule has 0 heterocycles. The maximum absolute atomic E-state index is 14.0. The topological polar surface area (TPSA) is 89.3 Å². The zero-order chi connectivity index (χ0) is 19.5. The predicted molar refractivity (Wildman–Crippen MR) is 101 cm³/mol. The lowest BCUT2D eigenvalue weighted by Crippen LogP contribution is -2.41. The van der Waals surface area contributed by atoms with E-state index in [1.165, 1.54) is 32.0 Å². The van der Waals surface area contributed by atoms with Gasteiger partial charge in [-0.05, 0) is 43.5 Å². The van der Waals surface area contributed by atoms with Gasteiger partial charge < -0.3 is 5.73 Å². The number of nitrogens with one attached hydrogen (secondary N) is 1. The Labute approximate surface area is 153 Å². The number of benzene rings is 2. The monoisotopic (exact) mass is 378 g/mol. The van der Waals surface area contributed by atoms with E-state index in [2.05, 4.69) is 4.72 Å². The Hall–Kier alpha value is -2.25. The number of nitrogens with two attached hydrogens (primary N) is 1. The van der Waals surface area contributed by atoms with Crippen molar-refractivity contribution in [1.29, 1.82) is 0 Å². The number of hydrogen-bond donors (Lipinski definition) is 2. The molecule has 0 spiro atoms. The van der Waals surface area contributed by atoms with Crippen molar-refractivity contribution in [2.45, 2.75) is 31.9 Å². The van der Waals surface area contributed by atoms with Crippen molar-refractivity contribution in [3.63, 3.8) is 0 Å². The van der Waals surface area contributed by atoms with Gasteiger partial charge in [0, 0.05) is 17.7 Å². The third kappa shape index (κ3) is 3.78. The molecule has 3 N–H and O–H groups in total. The van der Waals surface area contributed by atoms with Crippen LogP contribution in [-0.4, -0.2) is 20.9 Å². The van der Waals surface area contributed by atoms with Gasteiger partial charge in [0.25, 0.3) is 0 Å². The van der Waals surface area contributed by atoms with Crippen LogP contribution in [0.1, 0.15) is 43.1 Å². The summed E-state index contributed by atoms with van der Waals surface area (Å²) in [7, 11) is -3.75. The largest absolute Gasteiger partial charge is 0.366 e. The molecule has 2 aromatic carbocycles. The van der Waals surface area contributed by atoms with Gasteiger partial charge >= 0.3 is 0 Å². The van der Waals surface area contributed by atoms with E-state index in [-0.39, 0.29) is 11.1 Å². The van der Waals surface area contributed by atoms with Crippen molar-refractivity contribution >= 4 is 15.9 Å². The van der Waals surface area contributed by atoms with Crippen molar-refractivity contribution < 1.29 is 17.6 Å². The number of sulfonamides is 1. The van der Waals surface area contributed by atoms with E-state index in [4.69, 9.17) is 5.73 Å². The molecule has 0 bridgehead atoms. The summed E-state index contributed by atoms with van der Waals surface area (Å²) in [6.07, 6.45) is 0.643. The summed E-state index contributed by atoms with van der Waals surface area (Å²) >= 11 is 0. The quantitative estimate of drug-likeness (QED) is 0.775. The molecule has 0 aliphatic carbocycles.